The first-order chi connectivity index (χ1) is 9.76. The molecule has 118 valence electrons. The van der Waals surface area contributed by atoms with Crippen molar-refractivity contribution in [2.45, 2.75) is 19.0 Å². The number of aliphatic carboxylic acids is 1. The molecule has 0 heterocycles. The number of hydrogen-bond acceptors (Lipinski definition) is 3. The van der Waals surface area contributed by atoms with Crippen molar-refractivity contribution in [1.82, 2.24) is 4.90 Å². The summed E-state index contributed by atoms with van der Waals surface area (Å²) in [5, 5.41) is 8.63. The van der Waals surface area contributed by atoms with E-state index in [1.54, 1.807) is 36.2 Å². The molecule has 0 aliphatic rings. The van der Waals surface area contributed by atoms with Crippen LogP contribution in [0.15, 0.2) is 24.3 Å². The molecule has 1 N–H and O–H groups in total. The van der Waals surface area contributed by atoms with Gasteiger partial charge in [-0.3, -0.25) is 4.79 Å². The highest BCUT2D eigenvalue weighted by molar-refractivity contribution is 5.70. The van der Waals surface area contributed by atoms with Gasteiger partial charge in [-0.25, -0.2) is 0 Å². The van der Waals surface area contributed by atoms with Crippen molar-refractivity contribution in [1.29, 1.82) is 0 Å². The first-order valence-corrected chi connectivity index (χ1v) is 6.45. The van der Waals surface area contributed by atoms with Crippen LogP contribution in [-0.2, 0) is 11.2 Å². The minimum Gasteiger partial charge on any atom is -0.492 e. The monoisotopic (exact) mass is 305 g/mol. The fourth-order valence-corrected chi connectivity index (χ4v) is 1.63. The van der Waals surface area contributed by atoms with E-state index < -0.39 is 18.6 Å². The molecule has 1 aromatic rings. The molecule has 4 nitrogen and oxygen atoms in total. The molecule has 0 fully saturated rings. The van der Waals surface area contributed by atoms with Gasteiger partial charge in [-0.1, -0.05) is 12.1 Å². The predicted molar refractivity (Wildman–Crippen MR) is 71.4 cm³/mol. The van der Waals surface area contributed by atoms with Gasteiger partial charge in [0.2, 0.25) is 0 Å². The van der Waals surface area contributed by atoms with Crippen LogP contribution in [-0.4, -0.2) is 48.9 Å². The van der Waals surface area contributed by atoms with Crippen LogP contribution in [0.25, 0.3) is 0 Å². The second-order valence-corrected chi connectivity index (χ2v) is 4.73. The Morgan fingerprint density at radius 1 is 1.24 bits per heavy atom. The normalized spacial score (nSPS) is 11.7. The van der Waals surface area contributed by atoms with Gasteiger partial charge in [0.15, 0.2) is 0 Å². The van der Waals surface area contributed by atoms with Crippen LogP contribution in [0, 0.1) is 0 Å². The minimum absolute atomic E-state index is 0.0551. The fraction of sp³-hybridized carbons (Fsp3) is 0.500. The van der Waals surface area contributed by atoms with Gasteiger partial charge in [-0.15, -0.1) is 0 Å². The van der Waals surface area contributed by atoms with E-state index in [0.717, 1.165) is 0 Å². The number of alkyl halides is 3. The molecule has 0 unspecified atom stereocenters. The topological polar surface area (TPSA) is 49.8 Å². The lowest BCUT2D eigenvalue weighted by Crippen LogP contribution is -2.28. The number of halogens is 3. The van der Waals surface area contributed by atoms with E-state index >= 15 is 0 Å². The summed E-state index contributed by atoms with van der Waals surface area (Å²) in [6.45, 7) is 0.587. The highest BCUT2D eigenvalue weighted by atomic mass is 19.4. The maximum Gasteiger partial charge on any atom is 0.390 e. The van der Waals surface area contributed by atoms with Crippen molar-refractivity contribution < 1.29 is 27.8 Å². The third-order valence-electron chi connectivity index (χ3n) is 2.80. The molecule has 0 aliphatic heterocycles. The molecular formula is C14H18F3NO3. The van der Waals surface area contributed by atoms with Crippen molar-refractivity contribution in [3.8, 4) is 5.75 Å². The van der Waals surface area contributed by atoms with Crippen molar-refractivity contribution >= 4 is 5.97 Å². The van der Waals surface area contributed by atoms with E-state index in [2.05, 4.69) is 0 Å². The van der Waals surface area contributed by atoms with E-state index in [4.69, 9.17) is 9.84 Å². The van der Waals surface area contributed by atoms with Crippen LogP contribution in [0.5, 0.6) is 5.75 Å². The molecule has 1 aromatic carbocycles. The Hall–Kier alpha value is -1.76. The van der Waals surface area contributed by atoms with Gasteiger partial charge in [0, 0.05) is 13.1 Å². The average Bonchev–Trinajstić information content (AvgIpc) is 2.37. The number of likely N-dealkylation sites (N-methyl/N-ethyl adjacent to an activating group) is 1. The van der Waals surface area contributed by atoms with Crippen molar-refractivity contribution in [2.24, 2.45) is 0 Å². The molecule has 7 heteroatoms. The maximum absolute atomic E-state index is 12.0. The average molecular weight is 305 g/mol. The van der Waals surface area contributed by atoms with E-state index in [0.29, 0.717) is 17.9 Å². The third kappa shape index (κ3) is 8.19. The van der Waals surface area contributed by atoms with E-state index in [-0.39, 0.29) is 19.6 Å². The van der Waals surface area contributed by atoms with Gasteiger partial charge in [0.05, 0.1) is 12.8 Å². The molecule has 0 saturated heterocycles. The highest BCUT2D eigenvalue weighted by Crippen LogP contribution is 2.19. The first kappa shape index (κ1) is 17.3. The first-order valence-electron chi connectivity index (χ1n) is 6.45. The number of hydrogen-bond donors (Lipinski definition) is 1. The lowest BCUT2D eigenvalue weighted by atomic mass is 10.1. The molecule has 0 aliphatic carbocycles. The van der Waals surface area contributed by atoms with Gasteiger partial charge < -0.3 is 14.7 Å². The Balaban J connectivity index is 2.27. The molecule has 0 bridgehead atoms. The summed E-state index contributed by atoms with van der Waals surface area (Å²) < 4.78 is 41.5. The van der Waals surface area contributed by atoms with Crippen molar-refractivity contribution in [3.05, 3.63) is 29.8 Å². The van der Waals surface area contributed by atoms with Gasteiger partial charge in [0.25, 0.3) is 0 Å². The van der Waals surface area contributed by atoms with Crippen molar-refractivity contribution in [2.75, 3.05) is 26.7 Å². The van der Waals surface area contributed by atoms with Crippen molar-refractivity contribution in [3.63, 3.8) is 0 Å². The molecule has 0 saturated carbocycles. The Bertz CT molecular complexity index is 446. The second kappa shape index (κ2) is 7.87. The molecular weight excluding hydrogens is 287 g/mol. The number of rotatable bonds is 8. The van der Waals surface area contributed by atoms with Crippen LogP contribution < -0.4 is 4.74 Å². The van der Waals surface area contributed by atoms with Crippen LogP contribution in [0.1, 0.15) is 12.0 Å². The van der Waals surface area contributed by atoms with E-state index in [9.17, 15) is 18.0 Å². The number of carboxylic acid groups (broad SMARTS) is 1. The SMILES string of the molecule is CN(CCOc1ccc(CC(=O)O)cc1)CCC(F)(F)F. The Kier molecular flexibility index (Phi) is 6.48. The Labute approximate surface area is 121 Å². The Morgan fingerprint density at radius 3 is 2.38 bits per heavy atom. The third-order valence-corrected chi connectivity index (χ3v) is 2.80. The zero-order valence-electron chi connectivity index (χ0n) is 11.7. The molecule has 0 amide bonds. The lowest BCUT2D eigenvalue weighted by Gasteiger charge is -2.17. The summed E-state index contributed by atoms with van der Waals surface area (Å²) in [5.74, 6) is -0.344. The van der Waals surface area contributed by atoms with Crippen LogP contribution in [0.2, 0.25) is 0 Å². The summed E-state index contributed by atoms with van der Waals surface area (Å²) in [6.07, 6.45) is -5.04. The predicted octanol–water partition coefficient (Wildman–Crippen LogP) is 2.58. The summed E-state index contributed by atoms with van der Waals surface area (Å²) in [7, 11) is 1.60. The molecule has 0 radical (unpaired) electrons. The molecule has 0 atom stereocenters. The fourth-order valence-electron chi connectivity index (χ4n) is 1.63. The largest absolute Gasteiger partial charge is 0.492 e. The molecule has 0 spiro atoms. The number of benzene rings is 1. The second-order valence-electron chi connectivity index (χ2n) is 4.73. The maximum atomic E-state index is 12.0. The summed E-state index contributed by atoms with van der Waals surface area (Å²) in [6, 6.07) is 6.59. The Morgan fingerprint density at radius 2 is 1.86 bits per heavy atom. The van der Waals surface area contributed by atoms with Gasteiger partial charge >= 0.3 is 12.1 Å². The number of ether oxygens (including phenoxy) is 1. The zero-order valence-corrected chi connectivity index (χ0v) is 11.7. The van der Waals surface area contributed by atoms with Gasteiger partial charge in [0.1, 0.15) is 12.4 Å². The van der Waals surface area contributed by atoms with Crippen LogP contribution in [0.3, 0.4) is 0 Å². The molecule has 21 heavy (non-hydrogen) atoms. The number of carbonyl (C=O) groups is 1. The van der Waals surface area contributed by atoms with E-state index in [1.807, 2.05) is 0 Å². The minimum atomic E-state index is -4.14. The highest BCUT2D eigenvalue weighted by Gasteiger charge is 2.26. The molecule has 0 aromatic heterocycles. The summed E-state index contributed by atoms with van der Waals surface area (Å²) >= 11 is 0. The standard InChI is InChI=1S/C14H18F3NO3/c1-18(7-6-14(15,16)17)8-9-21-12-4-2-11(3-5-12)10-13(19)20/h2-5H,6-10H2,1H3,(H,19,20). The number of carboxylic acids is 1. The quantitative estimate of drug-likeness (QED) is 0.802. The number of nitrogens with zero attached hydrogens (tertiary/aromatic N) is 1. The van der Waals surface area contributed by atoms with Crippen LogP contribution in [0.4, 0.5) is 13.2 Å². The lowest BCUT2D eigenvalue weighted by molar-refractivity contribution is -0.137. The summed E-state index contributed by atoms with van der Waals surface area (Å²) in [4.78, 5) is 12.1. The van der Waals surface area contributed by atoms with Crippen LogP contribution >= 0.6 is 0 Å². The smallest absolute Gasteiger partial charge is 0.390 e. The van der Waals surface area contributed by atoms with E-state index in [1.165, 1.54) is 0 Å². The van der Waals surface area contributed by atoms with Gasteiger partial charge in [-0.2, -0.15) is 13.2 Å². The molecule has 1 rings (SSSR count). The van der Waals surface area contributed by atoms with Gasteiger partial charge in [-0.05, 0) is 24.7 Å². The zero-order chi connectivity index (χ0) is 15.9. The summed E-state index contributed by atoms with van der Waals surface area (Å²) in [5.41, 5.74) is 0.664.